The zero-order valence-corrected chi connectivity index (χ0v) is 22.6. The van der Waals surface area contributed by atoms with Crippen LogP contribution in [0.2, 0.25) is 0 Å². The van der Waals surface area contributed by atoms with Crippen molar-refractivity contribution in [1.82, 2.24) is 0 Å². The third kappa shape index (κ3) is 6.65. The van der Waals surface area contributed by atoms with Crippen LogP contribution in [0.3, 0.4) is 0 Å². The minimum atomic E-state index is 0.194. The van der Waals surface area contributed by atoms with E-state index in [0.29, 0.717) is 0 Å². The molecule has 1 atom stereocenters. The van der Waals surface area contributed by atoms with Crippen LogP contribution in [-0.2, 0) is 13.1 Å². The second-order valence-corrected chi connectivity index (χ2v) is 10.2. The number of aliphatic imine (C=N–C) groups is 3. The number of halogens is 2. The van der Waals surface area contributed by atoms with Crippen LogP contribution in [0, 0.1) is 47.5 Å². The summed E-state index contributed by atoms with van der Waals surface area (Å²) in [5.41, 5.74) is 12.5. The second-order valence-electron chi connectivity index (χ2n) is 8.39. The molecule has 0 fully saturated rings. The summed E-state index contributed by atoms with van der Waals surface area (Å²) in [6.45, 7) is 17.0. The average molecular weight is 512 g/mol. The third-order valence-corrected chi connectivity index (χ3v) is 5.66. The van der Waals surface area contributed by atoms with E-state index < -0.39 is 0 Å². The predicted octanol–water partition coefficient (Wildman–Crippen LogP) is 8.38. The predicted molar refractivity (Wildman–Crippen MR) is 139 cm³/mol. The van der Waals surface area contributed by atoms with Crippen molar-refractivity contribution in [2.75, 3.05) is 0 Å². The quantitative estimate of drug-likeness (QED) is 0.292. The van der Waals surface area contributed by atoms with Crippen molar-refractivity contribution in [3.63, 3.8) is 0 Å². The molecule has 2 aromatic carbocycles. The van der Waals surface area contributed by atoms with Gasteiger partial charge in [-0.25, -0.2) is 4.99 Å². The van der Waals surface area contributed by atoms with Crippen LogP contribution in [0.15, 0.2) is 50.5 Å². The summed E-state index contributed by atoms with van der Waals surface area (Å²) in [6.07, 6.45) is 3.82. The van der Waals surface area contributed by atoms with Crippen molar-refractivity contribution in [3.8, 4) is 0 Å². The minimum absolute atomic E-state index is 0.194. The molecule has 1 heterocycles. The molecular weight excluding hydrogens is 481 g/mol. The zero-order chi connectivity index (χ0) is 24.0. The first-order valence-electron chi connectivity index (χ1n) is 10.5. The number of benzene rings is 2. The molecular formula is C26H31Cl2FeN3. The molecule has 0 aliphatic carbocycles. The standard InChI is InChI=1S/C26H31N3.2ClH.Fe/c1-15-9-17(3)25(18(4)10-15)27-13-23-21(7)22(8)24(29-23)14-28-26-19(5)11-16(2)12-20(26)6;;;/h9-14,21H,1-8H3;2*1H;/q;;;+2/p-2. The molecule has 1 aliphatic heterocycles. The Balaban J connectivity index is 0.00000114. The fourth-order valence-electron chi connectivity index (χ4n) is 4.05. The molecule has 3 rings (SSSR count). The molecule has 2 aromatic rings. The SMILES string of the molecule is CC1=C(C=Nc2c(C)cc(C)cc2C)N=C(C=Nc2c(C)cc(C)cc2C)C1C.[Cl][Fe][Cl]. The molecule has 32 heavy (non-hydrogen) atoms. The van der Waals surface area contributed by atoms with E-state index in [1.165, 1.54) is 39.0 Å². The fraction of sp³-hybridized carbons (Fsp3) is 0.346. The van der Waals surface area contributed by atoms with Crippen LogP contribution in [0.4, 0.5) is 11.4 Å². The Morgan fingerprint density at radius 3 is 1.53 bits per heavy atom. The number of rotatable bonds is 4. The molecule has 6 heteroatoms. The maximum absolute atomic E-state index is 4.83. The molecule has 0 N–H and O–H groups in total. The first-order valence-corrected chi connectivity index (χ1v) is 13.5. The van der Waals surface area contributed by atoms with Crippen LogP contribution in [0.25, 0.3) is 0 Å². The summed E-state index contributed by atoms with van der Waals surface area (Å²) in [6, 6.07) is 8.69. The van der Waals surface area contributed by atoms with Gasteiger partial charge in [0.1, 0.15) is 0 Å². The Labute approximate surface area is 207 Å². The van der Waals surface area contributed by atoms with Gasteiger partial charge in [0.25, 0.3) is 0 Å². The number of nitrogens with zero attached hydrogens (tertiary/aromatic N) is 3. The van der Waals surface area contributed by atoms with E-state index >= 15 is 0 Å². The Bertz CT molecular complexity index is 1070. The second kappa shape index (κ2) is 11.9. The van der Waals surface area contributed by atoms with Crippen molar-refractivity contribution >= 4 is 49.7 Å². The molecule has 0 saturated carbocycles. The molecule has 3 nitrogen and oxygen atoms in total. The van der Waals surface area contributed by atoms with Gasteiger partial charge in [0, 0.05) is 12.1 Å². The van der Waals surface area contributed by atoms with Gasteiger partial charge in [-0.3, -0.25) is 9.98 Å². The van der Waals surface area contributed by atoms with E-state index in [0.717, 1.165) is 22.8 Å². The van der Waals surface area contributed by atoms with Crippen molar-refractivity contribution in [3.05, 3.63) is 68.9 Å². The molecule has 0 saturated heterocycles. The van der Waals surface area contributed by atoms with Crippen molar-refractivity contribution < 1.29 is 13.1 Å². The van der Waals surface area contributed by atoms with Crippen LogP contribution < -0.4 is 0 Å². The molecule has 172 valence electrons. The number of allylic oxidation sites excluding steroid dienone is 2. The number of hydrogen-bond acceptors (Lipinski definition) is 3. The molecule has 1 aliphatic rings. The monoisotopic (exact) mass is 511 g/mol. The Hall–Kier alpha value is -1.71. The first kappa shape index (κ1) is 26.5. The van der Waals surface area contributed by atoms with Crippen molar-refractivity contribution in [1.29, 1.82) is 0 Å². The Kier molecular flexibility index (Phi) is 9.91. The van der Waals surface area contributed by atoms with E-state index in [4.69, 9.17) is 35.2 Å². The molecule has 0 bridgehead atoms. The van der Waals surface area contributed by atoms with Gasteiger partial charge >= 0.3 is 33.3 Å². The van der Waals surface area contributed by atoms with Gasteiger partial charge in [-0.2, -0.15) is 0 Å². The summed E-state index contributed by atoms with van der Waals surface area (Å²) in [5, 5.41) is 0. The summed E-state index contributed by atoms with van der Waals surface area (Å²) in [7, 11) is 9.53. The number of hydrogen-bond donors (Lipinski definition) is 0. The van der Waals surface area contributed by atoms with Gasteiger partial charge < -0.3 is 0 Å². The van der Waals surface area contributed by atoms with Gasteiger partial charge in [0.15, 0.2) is 0 Å². The van der Waals surface area contributed by atoms with E-state index in [-0.39, 0.29) is 19.1 Å². The van der Waals surface area contributed by atoms with Crippen LogP contribution >= 0.6 is 20.2 Å². The maximum atomic E-state index is 4.83. The number of aryl methyl sites for hydroxylation is 6. The van der Waals surface area contributed by atoms with Crippen molar-refractivity contribution in [2.24, 2.45) is 20.9 Å². The Morgan fingerprint density at radius 1 is 0.750 bits per heavy atom. The molecule has 0 radical (unpaired) electrons. The summed E-state index contributed by atoms with van der Waals surface area (Å²) in [5.74, 6) is 0.242. The van der Waals surface area contributed by atoms with E-state index in [1.807, 2.05) is 12.4 Å². The van der Waals surface area contributed by atoms with E-state index in [1.54, 1.807) is 0 Å². The van der Waals surface area contributed by atoms with Crippen LogP contribution in [-0.4, -0.2) is 18.1 Å². The normalized spacial score (nSPS) is 16.2. The van der Waals surface area contributed by atoms with Gasteiger partial charge in [-0.15, -0.1) is 0 Å². The molecule has 0 spiro atoms. The van der Waals surface area contributed by atoms with Crippen LogP contribution in [0.5, 0.6) is 0 Å². The molecule has 1 unspecified atom stereocenters. The van der Waals surface area contributed by atoms with Crippen LogP contribution in [0.1, 0.15) is 47.2 Å². The molecule has 0 aromatic heterocycles. The average Bonchev–Trinajstić information content (AvgIpc) is 2.95. The van der Waals surface area contributed by atoms with E-state index in [2.05, 4.69) is 79.7 Å². The first-order chi connectivity index (χ1) is 15.1. The Morgan fingerprint density at radius 2 is 1.12 bits per heavy atom. The third-order valence-electron chi connectivity index (χ3n) is 5.66. The summed E-state index contributed by atoms with van der Waals surface area (Å²) < 4.78 is 0. The van der Waals surface area contributed by atoms with Gasteiger partial charge in [0.2, 0.25) is 0 Å². The fourth-order valence-corrected chi connectivity index (χ4v) is 4.05. The molecule has 0 amide bonds. The van der Waals surface area contributed by atoms with Crippen molar-refractivity contribution in [2.45, 2.75) is 55.4 Å². The van der Waals surface area contributed by atoms with Gasteiger partial charge in [-0.1, -0.05) is 42.3 Å². The van der Waals surface area contributed by atoms with Gasteiger partial charge in [0.05, 0.1) is 29.0 Å². The zero-order valence-electron chi connectivity index (χ0n) is 20.0. The van der Waals surface area contributed by atoms with Gasteiger partial charge in [-0.05, 0) is 76.3 Å². The summed E-state index contributed by atoms with van der Waals surface area (Å²) in [4.78, 5) is 14.4. The summed E-state index contributed by atoms with van der Waals surface area (Å²) >= 11 is 0.194. The topological polar surface area (TPSA) is 37.1 Å². The van der Waals surface area contributed by atoms with E-state index in [9.17, 15) is 0 Å².